The van der Waals surface area contributed by atoms with Crippen molar-refractivity contribution in [1.29, 1.82) is 0 Å². The standard InChI is InChI=1S/C39H28O7/c1-6-36(40)44-32-20-14-28(15-21-32)9-8-27-12-18-31(19-13-27)38-34(43-5)24-30(25-35(38)46-39(42)26(3)4)11-10-29-16-22-33(23-17-29)45-37(41)7-2/h6-7,12-25H,1-3H2,4-5H3. The summed E-state index contributed by atoms with van der Waals surface area (Å²) in [5, 5.41) is 0. The number of methoxy groups -OCH3 is 1. The van der Waals surface area contributed by atoms with Crippen molar-refractivity contribution in [1.82, 2.24) is 0 Å². The first-order chi connectivity index (χ1) is 22.2. The Balaban J connectivity index is 1.62. The van der Waals surface area contributed by atoms with Crippen LogP contribution in [0.5, 0.6) is 23.0 Å². The van der Waals surface area contributed by atoms with Crippen molar-refractivity contribution in [2.24, 2.45) is 0 Å². The number of carbonyl (C=O) groups excluding carboxylic acids is 3. The van der Waals surface area contributed by atoms with E-state index < -0.39 is 17.9 Å². The maximum absolute atomic E-state index is 12.6. The Morgan fingerprint density at radius 1 is 0.609 bits per heavy atom. The van der Waals surface area contributed by atoms with Gasteiger partial charge in [-0.3, -0.25) is 0 Å². The lowest BCUT2D eigenvalue weighted by atomic mass is 9.99. The van der Waals surface area contributed by atoms with E-state index in [0.29, 0.717) is 33.9 Å². The summed E-state index contributed by atoms with van der Waals surface area (Å²) in [6.07, 6.45) is 2.18. The molecule has 0 fully saturated rings. The molecule has 7 nitrogen and oxygen atoms in total. The summed E-state index contributed by atoms with van der Waals surface area (Å²) in [4.78, 5) is 35.4. The number of hydrogen-bond donors (Lipinski definition) is 0. The molecule has 4 aromatic rings. The van der Waals surface area contributed by atoms with E-state index in [2.05, 4.69) is 43.4 Å². The van der Waals surface area contributed by atoms with Gasteiger partial charge in [-0.15, -0.1) is 0 Å². The molecule has 0 unspecified atom stereocenters. The first kappa shape index (κ1) is 32.3. The van der Waals surface area contributed by atoms with Crippen LogP contribution in [-0.4, -0.2) is 25.0 Å². The fourth-order valence-electron chi connectivity index (χ4n) is 3.91. The molecule has 0 heterocycles. The van der Waals surface area contributed by atoms with Gasteiger partial charge < -0.3 is 18.9 Å². The highest BCUT2D eigenvalue weighted by Gasteiger charge is 2.18. The molecular weight excluding hydrogens is 580 g/mol. The largest absolute Gasteiger partial charge is 0.496 e. The SMILES string of the molecule is C=CC(=O)Oc1ccc(C#Cc2ccc(-c3c(OC)cc(C#Cc4ccc(OC(=O)C=C)cc4)cc3OC(=O)C(=C)C)cc2)cc1. The van der Waals surface area contributed by atoms with Crippen LogP contribution in [0.4, 0.5) is 0 Å². The lowest BCUT2D eigenvalue weighted by molar-refractivity contribution is -0.130. The molecule has 0 aromatic heterocycles. The number of hydrogen-bond acceptors (Lipinski definition) is 7. The van der Waals surface area contributed by atoms with E-state index in [1.165, 1.54) is 7.11 Å². The number of ether oxygens (including phenoxy) is 4. The molecule has 0 amide bonds. The Morgan fingerprint density at radius 2 is 1.02 bits per heavy atom. The van der Waals surface area contributed by atoms with Crippen LogP contribution in [0.3, 0.4) is 0 Å². The fourth-order valence-corrected chi connectivity index (χ4v) is 3.91. The average molecular weight is 609 g/mol. The third-order valence-corrected chi connectivity index (χ3v) is 6.19. The van der Waals surface area contributed by atoms with Gasteiger partial charge in [-0.05, 0) is 85.3 Å². The minimum atomic E-state index is -0.592. The number of carbonyl (C=O) groups is 3. The zero-order valence-corrected chi connectivity index (χ0v) is 25.2. The Morgan fingerprint density at radius 3 is 1.43 bits per heavy atom. The first-order valence-electron chi connectivity index (χ1n) is 13.8. The minimum Gasteiger partial charge on any atom is -0.496 e. The van der Waals surface area contributed by atoms with Gasteiger partial charge >= 0.3 is 17.9 Å². The molecule has 0 aliphatic rings. The summed E-state index contributed by atoms with van der Waals surface area (Å²) in [5.74, 6) is 12.1. The number of rotatable bonds is 8. The molecule has 46 heavy (non-hydrogen) atoms. The number of esters is 3. The van der Waals surface area contributed by atoms with Gasteiger partial charge in [-0.2, -0.15) is 0 Å². The highest BCUT2D eigenvalue weighted by Crippen LogP contribution is 2.40. The molecule has 0 atom stereocenters. The van der Waals surface area contributed by atoms with Crippen molar-refractivity contribution in [2.45, 2.75) is 6.92 Å². The summed E-state index contributed by atoms with van der Waals surface area (Å²) in [5.41, 5.74) is 4.21. The molecule has 0 spiro atoms. The van der Waals surface area contributed by atoms with E-state index in [9.17, 15) is 14.4 Å². The Bertz CT molecular complexity index is 1940. The second kappa shape index (κ2) is 15.2. The Hall–Kier alpha value is -6.57. The van der Waals surface area contributed by atoms with Crippen LogP contribution in [0.1, 0.15) is 29.2 Å². The molecule has 0 aliphatic heterocycles. The van der Waals surface area contributed by atoms with Gasteiger partial charge in [0.1, 0.15) is 23.0 Å². The Labute approximate surface area is 267 Å². The van der Waals surface area contributed by atoms with Crippen molar-refractivity contribution in [3.05, 3.63) is 145 Å². The van der Waals surface area contributed by atoms with Crippen LogP contribution < -0.4 is 18.9 Å². The summed E-state index contributed by atoms with van der Waals surface area (Å²) in [7, 11) is 1.52. The van der Waals surface area contributed by atoms with E-state index in [1.54, 1.807) is 67.6 Å². The van der Waals surface area contributed by atoms with E-state index in [-0.39, 0.29) is 11.3 Å². The normalized spacial score (nSPS) is 9.70. The second-order valence-corrected chi connectivity index (χ2v) is 9.60. The monoisotopic (exact) mass is 608 g/mol. The quantitative estimate of drug-likeness (QED) is 0.0938. The third-order valence-electron chi connectivity index (χ3n) is 6.19. The zero-order chi connectivity index (χ0) is 33.1. The van der Waals surface area contributed by atoms with E-state index in [1.807, 2.05) is 24.3 Å². The molecule has 0 bridgehead atoms. The highest BCUT2D eigenvalue weighted by atomic mass is 16.5. The van der Waals surface area contributed by atoms with Crippen LogP contribution in [0, 0.1) is 23.7 Å². The summed E-state index contributed by atoms with van der Waals surface area (Å²) < 4.78 is 21.6. The van der Waals surface area contributed by atoms with Gasteiger partial charge in [0.05, 0.1) is 12.7 Å². The van der Waals surface area contributed by atoms with Crippen molar-refractivity contribution in [3.63, 3.8) is 0 Å². The lowest BCUT2D eigenvalue weighted by Gasteiger charge is -2.15. The third kappa shape index (κ3) is 8.73. The minimum absolute atomic E-state index is 0.233. The van der Waals surface area contributed by atoms with Crippen LogP contribution in [0.2, 0.25) is 0 Å². The molecule has 0 saturated carbocycles. The molecule has 0 radical (unpaired) electrons. The zero-order valence-electron chi connectivity index (χ0n) is 25.2. The van der Waals surface area contributed by atoms with Crippen molar-refractivity contribution in [3.8, 4) is 57.8 Å². The molecule has 0 aliphatic carbocycles. The summed E-state index contributed by atoms with van der Waals surface area (Å²) in [6.45, 7) is 12.0. The predicted octanol–water partition coefficient (Wildman–Crippen LogP) is 6.83. The summed E-state index contributed by atoms with van der Waals surface area (Å²) in [6, 6.07) is 24.3. The average Bonchev–Trinajstić information content (AvgIpc) is 3.07. The fraction of sp³-hybridized carbons (Fsp3) is 0.0513. The maximum atomic E-state index is 12.6. The van der Waals surface area contributed by atoms with Crippen molar-refractivity contribution < 1.29 is 33.3 Å². The van der Waals surface area contributed by atoms with Gasteiger partial charge in [-0.25, -0.2) is 14.4 Å². The smallest absolute Gasteiger partial charge is 0.338 e. The summed E-state index contributed by atoms with van der Waals surface area (Å²) >= 11 is 0. The van der Waals surface area contributed by atoms with E-state index >= 15 is 0 Å². The molecule has 226 valence electrons. The van der Waals surface area contributed by atoms with Gasteiger partial charge in [0.15, 0.2) is 0 Å². The Kier molecular flexibility index (Phi) is 10.7. The van der Waals surface area contributed by atoms with Crippen LogP contribution in [-0.2, 0) is 14.4 Å². The molecule has 0 N–H and O–H groups in total. The highest BCUT2D eigenvalue weighted by molar-refractivity contribution is 5.91. The van der Waals surface area contributed by atoms with E-state index in [0.717, 1.165) is 28.8 Å². The first-order valence-corrected chi connectivity index (χ1v) is 13.8. The van der Waals surface area contributed by atoms with E-state index in [4.69, 9.17) is 18.9 Å². The topological polar surface area (TPSA) is 88.1 Å². The number of benzene rings is 4. The second-order valence-electron chi connectivity index (χ2n) is 9.60. The van der Waals surface area contributed by atoms with Crippen LogP contribution in [0.25, 0.3) is 11.1 Å². The molecule has 4 rings (SSSR count). The molecule has 0 saturated heterocycles. The van der Waals surface area contributed by atoms with Crippen molar-refractivity contribution in [2.75, 3.05) is 7.11 Å². The van der Waals surface area contributed by atoms with Crippen LogP contribution in [0.15, 0.2) is 122 Å². The van der Waals surface area contributed by atoms with Gasteiger partial charge in [0.2, 0.25) is 0 Å². The molecule has 7 heteroatoms. The molecule has 4 aromatic carbocycles. The predicted molar refractivity (Wildman–Crippen MR) is 175 cm³/mol. The molecular formula is C39H28O7. The maximum Gasteiger partial charge on any atom is 0.338 e. The van der Waals surface area contributed by atoms with Gasteiger partial charge in [0, 0.05) is 40.0 Å². The van der Waals surface area contributed by atoms with Crippen LogP contribution >= 0.6 is 0 Å². The van der Waals surface area contributed by atoms with Crippen molar-refractivity contribution >= 4 is 17.9 Å². The lowest BCUT2D eigenvalue weighted by Crippen LogP contribution is -2.09. The van der Waals surface area contributed by atoms with Gasteiger partial charge in [0.25, 0.3) is 0 Å². The van der Waals surface area contributed by atoms with Gasteiger partial charge in [-0.1, -0.05) is 55.6 Å².